The molecule has 8 nitrogen and oxygen atoms in total. The lowest BCUT2D eigenvalue weighted by molar-refractivity contribution is 0.0139. The van der Waals surface area contributed by atoms with E-state index in [9.17, 15) is 10.2 Å². The van der Waals surface area contributed by atoms with Gasteiger partial charge in [-0.1, -0.05) is 19.6 Å². The van der Waals surface area contributed by atoms with E-state index in [0.29, 0.717) is 23.7 Å². The number of anilines is 2. The van der Waals surface area contributed by atoms with Crippen LogP contribution >= 0.6 is 0 Å². The van der Waals surface area contributed by atoms with Crippen LogP contribution in [0.3, 0.4) is 0 Å². The summed E-state index contributed by atoms with van der Waals surface area (Å²) in [7, 11) is 0. The standard InChI is InChI=1S/C18H20N6O2.CH4/c19-14-7-10(3-5-21-14)1-2-11-8-13(16(26)15(11)25)24-6-4-12-17(20)22-9-23-18(12)24;/h1-7,9,11,13,15-16,25-26H,8H2,(H2,19,21)(H2,20,22,23);1H4/b2-1+;/t11-,13+,15+,16-;/m0./s1. The molecule has 4 rings (SSSR count). The van der Waals surface area contributed by atoms with Crippen LogP contribution in [0.25, 0.3) is 17.1 Å². The predicted octanol–water partition coefficient (Wildman–Crippen LogP) is 1.62. The Morgan fingerprint density at radius 3 is 2.70 bits per heavy atom. The van der Waals surface area contributed by atoms with Gasteiger partial charge in [0, 0.05) is 18.3 Å². The molecule has 1 saturated carbocycles. The molecule has 0 radical (unpaired) electrons. The van der Waals surface area contributed by atoms with E-state index < -0.39 is 12.2 Å². The lowest BCUT2D eigenvalue weighted by Gasteiger charge is -2.18. The molecule has 1 aliphatic carbocycles. The second-order valence-electron chi connectivity index (χ2n) is 6.54. The summed E-state index contributed by atoms with van der Waals surface area (Å²) >= 11 is 0. The van der Waals surface area contributed by atoms with Crippen molar-refractivity contribution >= 4 is 28.7 Å². The van der Waals surface area contributed by atoms with Gasteiger partial charge in [-0.25, -0.2) is 15.0 Å². The number of hydrogen-bond donors (Lipinski definition) is 4. The maximum Gasteiger partial charge on any atom is 0.145 e. The predicted molar refractivity (Wildman–Crippen MR) is 106 cm³/mol. The molecule has 27 heavy (non-hydrogen) atoms. The summed E-state index contributed by atoms with van der Waals surface area (Å²) in [4.78, 5) is 12.2. The minimum Gasteiger partial charge on any atom is -0.390 e. The van der Waals surface area contributed by atoms with E-state index in [1.54, 1.807) is 12.3 Å². The second kappa shape index (κ2) is 7.34. The average Bonchev–Trinajstić information content (AvgIpc) is 3.17. The third-order valence-corrected chi connectivity index (χ3v) is 4.93. The molecule has 8 heteroatoms. The number of fused-ring (bicyclic) bond motifs is 1. The van der Waals surface area contributed by atoms with E-state index in [1.807, 2.05) is 35.0 Å². The number of pyridine rings is 1. The molecular formula is C19H24N6O2. The van der Waals surface area contributed by atoms with E-state index in [0.717, 1.165) is 10.9 Å². The molecule has 1 fully saturated rings. The zero-order valence-corrected chi connectivity index (χ0v) is 14.0. The molecule has 142 valence electrons. The lowest BCUT2D eigenvalue weighted by atomic mass is 10.0. The summed E-state index contributed by atoms with van der Waals surface area (Å²) in [5.74, 6) is 0.641. The topological polar surface area (TPSA) is 136 Å². The van der Waals surface area contributed by atoms with Crippen LogP contribution in [-0.2, 0) is 0 Å². The SMILES string of the molecule is C.Nc1cc(/C=C/[C@H]2C[C@@H](n3ccc4c(N)ncnc43)[C@H](O)[C@@H]2O)ccn1. The monoisotopic (exact) mass is 368 g/mol. The van der Waals surface area contributed by atoms with Gasteiger partial charge in [0.15, 0.2) is 0 Å². The molecule has 0 spiro atoms. The van der Waals surface area contributed by atoms with Gasteiger partial charge < -0.3 is 26.2 Å². The van der Waals surface area contributed by atoms with Crippen LogP contribution in [0.5, 0.6) is 0 Å². The van der Waals surface area contributed by atoms with Gasteiger partial charge in [0.2, 0.25) is 0 Å². The van der Waals surface area contributed by atoms with Crippen LogP contribution in [0.1, 0.15) is 25.5 Å². The Morgan fingerprint density at radius 2 is 1.93 bits per heavy atom. The fraction of sp³-hybridized carbons (Fsp3) is 0.316. The lowest BCUT2D eigenvalue weighted by Crippen LogP contribution is -2.29. The first-order chi connectivity index (χ1) is 12.5. The normalized spacial score (nSPS) is 25.1. The van der Waals surface area contributed by atoms with Crippen molar-refractivity contribution in [2.75, 3.05) is 11.5 Å². The first-order valence-electron chi connectivity index (χ1n) is 8.37. The zero-order chi connectivity index (χ0) is 18.3. The third kappa shape index (κ3) is 3.36. The molecule has 0 aromatic carbocycles. The second-order valence-corrected chi connectivity index (χ2v) is 6.54. The van der Waals surface area contributed by atoms with Gasteiger partial charge in [-0.2, -0.15) is 0 Å². The highest BCUT2D eigenvalue weighted by Crippen LogP contribution is 2.38. The highest BCUT2D eigenvalue weighted by molar-refractivity contribution is 5.86. The number of nitrogens with zero attached hydrogens (tertiary/aromatic N) is 4. The van der Waals surface area contributed by atoms with E-state index in [-0.39, 0.29) is 19.4 Å². The first-order valence-corrected chi connectivity index (χ1v) is 8.37. The van der Waals surface area contributed by atoms with Gasteiger partial charge in [0.1, 0.15) is 29.7 Å². The highest BCUT2D eigenvalue weighted by Gasteiger charge is 2.41. The Labute approximate surface area is 157 Å². The molecule has 0 bridgehead atoms. The number of hydrogen-bond acceptors (Lipinski definition) is 7. The highest BCUT2D eigenvalue weighted by atomic mass is 16.3. The molecule has 0 unspecified atom stereocenters. The smallest absolute Gasteiger partial charge is 0.145 e. The Hall–Kier alpha value is -2.97. The van der Waals surface area contributed by atoms with Gasteiger partial charge in [0.05, 0.1) is 17.5 Å². The Bertz CT molecular complexity index is 970. The van der Waals surface area contributed by atoms with Crippen molar-refractivity contribution in [2.45, 2.75) is 32.1 Å². The summed E-state index contributed by atoms with van der Waals surface area (Å²) in [6, 6.07) is 5.12. The summed E-state index contributed by atoms with van der Waals surface area (Å²) in [5, 5.41) is 21.8. The van der Waals surface area contributed by atoms with E-state index in [2.05, 4.69) is 15.0 Å². The van der Waals surface area contributed by atoms with Gasteiger partial charge in [-0.3, -0.25) is 0 Å². The molecular weight excluding hydrogens is 344 g/mol. The van der Waals surface area contributed by atoms with Crippen molar-refractivity contribution in [3.63, 3.8) is 0 Å². The van der Waals surface area contributed by atoms with Crippen LogP contribution < -0.4 is 11.5 Å². The summed E-state index contributed by atoms with van der Waals surface area (Å²) in [6.07, 6.45) is 7.45. The molecule has 0 aliphatic heterocycles. The number of aliphatic hydroxyl groups excluding tert-OH is 2. The number of aliphatic hydroxyl groups is 2. The number of aromatic nitrogens is 4. The molecule has 3 aromatic rings. The number of nitrogen functional groups attached to an aromatic ring is 2. The Morgan fingerprint density at radius 1 is 1.11 bits per heavy atom. The van der Waals surface area contributed by atoms with Crippen LogP contribution in [0.2, 0.25) is 0 Å². The van der Waals surface area contributed by atoms with Gasteiger partial charge in [0.25, 0.3) is 0 Å². The number of rotatable bonds is 3. The molecule has 0 saturated heterocycles. The Balaban J connectivity index is 0.00000210. The van der Waals surface area contributed by atoms with E-state index >= 15 is 0 Å². The van der Waals surface area contributed by atoms with Crippen LogP contribution in [-0.4, -0.2) is 41.9 Å². The fourth-order valence-electron chi connectivity index (χ4n) is 3.57. The maximum atomic E-state index is 10.6. The first kappa shape index (κ1) is 18.8. The molecule has 0 amide bonds. The van der Waals surface area contributed by atoms with Crippen molar-refractivity contribution in [3.05, 3.63) is 48.6 Å². The molecule has 3 aromatic heterocycles. The van der Waals surface area contributed by atoms with Crippen molar-refractivity contribution in [3.8, 4) is 0 Å². The average molecular weight is 368 g/mol. The van der Waals surface area contributed by atoms with Gasteiger partial charge >= 0.3 is 0 Å². The van der Waals surface area contributed by atoms with Crippen molar-refractivity contribution in [1.82, 2.24) is 19.5 Å². The van der Waals surface area contributed by atoms with Crippen molar-refractivity contribution in [1.29, 1.82) is 0 Å². The minimum atomic E-state index is -0.904. The zero-order valence-electron chi connectivity index (χ0n) is 14.0. The third-order valence-electron chi connectivity index (χ3n) is 4.93. The largest absolute Gasteiger partial charge is 0.390 e. The molecule has 4 atom stereocenters. The molecule has 1 aliphatic rings. The van der Waals surface area contributed by atoms with Crippen molar-refractivity contribution < 1.29 is 10.2 Å². The Kier molecular flexibility index (Phi) is 5.11. The summed E-state index contributed by atoms with van der Waals surface area (Å²) in [5.41, 5.74) is 13.1. The quantitative estimate of drug-likeness (QED) is 0.551. The van der Waals surface area contributed by atoms with Gasteiger partial charge in [-0.15, -0.1) is 0 Å². The van der Waals surface area contributed by atoms with Crippen LogP contribution in [0.4, 0.5) is 11.6 Å². The van der Waals surface area contributed by atoms with Crippen LogP contribution in [0.15, 0.2) is 43.0 Å². The van der Waals surface area contributed by atoms with E-state index in [4.69, 9.17) is 11.5 Å². The number of nitrogens with two attached hydrogens (primary N) is 2. The summed E-state index contributed by atoms with van der Waals surface area (Å²) in [6.45, 7) is 0. The van der Waals surface area contributed by atoms with E-state index in [1.165, 1.54) is 6.33 Å². The maximum absolute atomic E-state index is 10.6. The van der Waals surface area contributed by atoms with Gasteiger partial charge in [-0.05, 0) is 30.2 Å². The van der Waals surface area contributed by atoms with Crippen molar-refractivity contribution in [2.24, 2.45) is 5.92 Å². The van der Waals surface area contributed by atoms with Crippen LogP contribution in [0, 0.1) is 5.92 Å². The molecule has 3 heterocycles. The summed E-state index contributed by atoms with van der Waals surface area (Å²) < 4.78 is 1.86. The molecule has 6 N–H and O–H groups in total. The minimum absolute atomic E-state index is 0. The fourth-order valence-corrected chi connectivity index (χ4v) is 3.57.